The third kappa shape index (κ3) is 3.77. The van der Waals surface area contributed by atoms with Crippen LogP contribution in [0.4, 0.5) is 0 Å². The fourth-order valence-electron chi connectivity index (χ4n) is 3.10. The van der Waals surface area contributed by atoms with Crippen LogP contribution < -0.4 is 0 Å². The summed E-state index contributed by atoms with van der Waals surface area (Å²) in [6, 6.07) is 0.795. The maximum atomic E-state index is 5.82. The van der Waals surface area contributed by atoms with Gasteiger partial charge in [0.25, 0.3) is 0 Å². The van der Waals surface area contributed by atoms with Gasteiger partial charge in [-0.15, -0.1) is 0 Å². The summed E-state index contributed by atoms with van der Waals surface area (Å²) in [4.78, 5) is 0. The van der Waals surface area contributed by atoms with E-state index in [0.717, 1.165) is 25.7 Å². The van der Waals surface area contributed by atoms with Gasteiger partial charge in [-0.2, -0.15) is 0 Å². The molecule has 2 saturated heterocycles. The highest BCUT2D eigenvalue weighted by Crippen LogP contribution is 2.38. The molecule has 2 aliphatic rings. The SMILES string of the molecule is CO[Si](CCCOCC1CC2CCC1O2)(OC)OC. The van der Waals surface area contributed by atoms with E-state index in [0.29, 0.717) is 18.1 Å². The second-order valence-corrected chi connectivity index (χ2v) is 8.43. The van der Waals surface area contributed by atoms with Gasteiger partial charge in [-0.25, -0.2) is 0 Å². The number of fused-ring (bicyclic) bond motifs is 2. The monoisotopic (exact) mass is 290 g/mol. The van der Waals surface area contributed by atoms with Gasteiger partial charge in [0.1, 0.15) is 0 Å². The van der Waals surface area contributed by atoms with E-state index in [-0.39, 0.29) is 0 Å². The molecule has 19 heavy (non-hydrogen) atoms. The first-order valence-electron chi connectivity index (χ1n) is 7.11. The van der Waals surface area contributed by atoms with Gasteiger partial charge in [-0.05, 0) is 25.7 Å². The highest BCUT2D eigenvalue weighted by molar-refractivity contribution is 6.60. The number of hydrogen-bond donors (Lipinski definition) is 0. The molecule has 6 heteroatoms. The van der Waals surface area contributed by atoms with Crippen LogP contribution in [0, 0.1) is 5.92 Å². The first kappa shape index (κ1) is 15.4. The Labute approximate surface area is 116 Å². The van der Waals surface area contributed by atoms with Crippen molar-refractivity contribution in [3.05, 3.63) is 0 Å². The van der Waals surface area contributed by atoms with Crippen LogP contribution in [-0.2, 0) is 22.8 Å². The van der Waals surface area contributed by atoms with Gasteiger partial charge in [-0.1, -0.05) is 0 Å². The molecule has 0 aromatic carbocycles. The van der Waals surface area contributed by atoms with E-state index >= 15 is 0 Å². The molecule has 0 saturated carbocycles. The van der Waals surface area contributed by atoms with Crippen molar-refractivity contribution in [1.82, 2.24) is 0 Å². The Morgan fingerprint density at radius 3 is 2.37 bits per heavy atom. The van der Waals surface area contributed by atoms with Gasteiger partial charge >= 0.3 is 8.80 Å². The Bertz CT molecular complexity index is 263. The highest BCUT2D eigenvalue weighted by Gasteiger charge is 2.40. The number of ether oxygens (including phenoxy) is 2. The predicted octanol–water partition coefficient (Wildman–Crippen LogP) is 1.84. The zero-order valence-electron chi connectivity index (χ0n) is 12.2. The van der Waals surface area contributed by atoms with Crippen molar-refractivity contribution in [3.8, 4) is 0 Å². The number of rotatable bonds is 9. The maximum Gasteiger partial charge on any atom is 0.500 e. The highest BCUT2D eigenvalue weighted by atomic mass is 28.4. The summed E-state index contributed by atoms with van der Waals surface area (Å²) in [7, 11) is 2.52. The smallest absolute Gasteiger partial charge is 0.381 e. The van der Waals surface area contributed by atoms with Crippen molar-refractivity contribution in [1.29, 1.82) is 0 Å². The summed E-state index contributed by atoms with van der Waals surface area (Å²) in [5, 5.41) is 0. The molecular weight excluding hydrogens is 264 g/mol. The Kier molecular flexibility index (Phi) is 5.80. The molecule has 3 unspecified atom stereocenters. The summed E-state index contributed by atoms with van der Waals surface area (Å²) in [6.07, 6.45) is 5.50. The van der Waals surface area contributed by atoms with Crippen molar-refractivity contribution < 1.29 is 22.8 Å². The molecule has 5 nitrogen and oxygen atoms in total. The van der Waals surface area contributed by atoms with E-state index in [4.69, 9.17) is 22.8 Å². The molecule has 0 amide bonds. The first-order valence-corrected chi connectivity index (χ1v) is 9.05. The van der Waals surface area contributed by atoms with Crippen LogP contribution in [0.3, 0.4) is 0 Å². The minimum atomic E-state index is -2.42. The summed E-state index contributed by atoms with van der Waals surface area (Å²) >= 11 is 0. The van der Waals surface area contributed by atoms with E-state index in [2.05, 4.69) is 0 Å². The Morgan fingerprint density at radius 1 is 1.11 bits per heavy atom. The number of hydrogen-bond acceptors (Lipinski definition) is 5. The van der Waals surface area contributed by atoms with E-state index in [1.807, 2.05) is 0 Å². The lowest BCUT2D eigenvalue weighted by molar-refractivity contribution is 0.0494. The molecule has 2 bridgehead atoms. The molecule has 0 spiro atoms. The largest absolute Gasteiger partial charge is 0.500 e. The first-order chi connectivity index (χ1) is 9.23. The second kappa shape index (κ2) is 7.15. The van der Waals surface area contributed by atoms with E-state index in [9.17, 15) is 0 Å². The summed E-state index contributed by atoms with van der Waals surface area (Å²) < 4.78 is 27.7. The summed E-state index contributed by atoms with van der Waals surface area (Å²) in [6.45, 7) is 1.56. The minimum absolute atomic E-state index is 0.454. The van der Waals surface area contributed by atoms with E-state index < -0.39 is 8.80 Å². The average Bonchev–Trinajstić information content (AvgIpc) is 3.06. The van der Waals surface area contributed by atoms with Crippen LogP contribution in [0.15, 0.2) is 0 Å². The summed E-state index contributed by atoms with van der Waals surface area (Å²) in [5.41, 5.74) is 0. The van der Waals surface area contributed by atoms with Crippen LogP contribution in [0.1, 0.15) is 25.7 Å². The predicted molar refractivity (Wildman–Crippen MR) is 73.0 cm³/mol. The fraction of sp³-hybridized carbons (Fsp3) is 1.00. The molecule has 2 aliphatic heterocycles. The van der Waals surface area contributed by atoms with Crippen LogP contribution in [0.5, 0.6) is 0 Å². The summed E-state index contributed by atoms with van der Waals surface area (Å²) in [5.74, 6) is 0.605. The van der Waals surface area contributed by atoms with Gasteiger partial charge < -0.3 is 22.8 Å². The molecular formula is C13H26O5Si. The molecule has 0 N–H and O–H groups in total. The van der Waals surface area contributed by atoms with Crippen LogP contribution in [0.2, 0.25) is 6.04 Å². The van der Waals surface area contributed by atoms with Crippen LogP contribution in [0.25, 0.3) is 0 Å². The van der Waals surface area contributed by atoms with Crippen LogP contribution >= 0.6 is 0 Å². The third-order valence-electron chi connectivity index (χ3n) is 4.27. The Hall–Kier alpha value is 0.0169. The molecule has 2 rings (SSSR count). The third-order valence-corrected chi connectivity index (χ3v) is 7.10. The van der Waals surface area contributed by atoms with Crippen molar-refractivity contribution in [2.75, 3.05) is 34.5 Å². The lowest BCUT2D eigenvalue weighted by Crippen LogP contribution is -2.42. The van der Waals surface area contributed by atoms with Crippen molar-refractivity contribution in [3.63, 3.8) is 0 Å². The van der Waals surface area contributed by atoms with Gasteiger partial charge in [0, 0.05) is 39.9 Å². The molecule has 112 valence electrons. The Balaban J connectivity index is 1.57. The van der Waals surface area contributed by atoms with Gasteiger partial charge in [-0.3, -0.25) is 0 Å². The van der Waals surface area contributed by atoms with Crippen molar-refractivity contribution >= 4 is 8.80 Å². The van der Waals surface area contributed by atoms with Crippen molar-refractivity contribution in [2.24, 2.45) is 5.92 Å². The van der Waals surface area contributed by atoms with Gasteiger partial charge in [0.05, 0.1) is 18.8 Å². The zero-order valence-corrected chi connectivity index (χ0v) is 13.2. The molecule has 0 aliphatic carbocycles. The maximum absolute atomic E-state index is 5.82. The lowest BCUT2D eigenvalue weighted by atomic mass is 9.90. The second-order valence-electron chi connectivity index (χ2n) is 5.34. The zero-order chi connectivity index (χ0) is 13.7. The molecule has 3 atom stereocenters. The van der Waals surface area contributed by atoms with E-state index in [1.54, 1.807) is 21.3 Å². The normalized spacial score (nSPS) is 30.2. The molecule has 2 fully saturated rings. The van der Waals surface area contributed by atoms with Gasteiger partial charge in [0.15, 0.2) is 0 Å². The van der Waals surface area contributed by atoms with Gasteiger partial charge in [0.2, 0.25) is 0 Å². The standard InChI is InChI=1S/C13H26O5Si/c1-14-19(15-2,16-3)8-4-7-17-10-11-9-12-5-6-13(11)18-12/h11-13H,4-10H2,1-3H3. The minimum Gasteiger partial charge on any atom is -0.381 e. The quantitative estimate of drug-likeness (QED) is 0.479. The van der Waals surface area contributed by atoms with E-state index in [1.165, 1.54) is 19.3 Å². The molecule has 2 heterocycles. The molecule has 0 aromatic heterocycles. The topological polar surface area (TPSA) is 46.2 Å². The molecule has 0 radical (unpaired) electrons. The lowest BCUT2D eigenvalue weighted by Gasteiger charge is -2.24. The average molecular weight is 290 g/mol. The molecule has 0 aromatic rings. The van der Waals surface area contributed by atoms with Crippen molar-refractivity contribution in [2.45, 2.75) is 43.9 Å². The fourth-order valence-corrected chi connectivity index (χ4v) is 4.79. The van der Waals surface area contributed by atoms with Crippen LogP contribution in [-0.4, -0.2) is 55.6 Å². The Morgan fingerprint density at radius 2 is 1.84 bits per heavy atom.